The molecule has 5 N–H and O–H groups in total. The molecule has 0 saturated heterocycles. The fourth-order valence-electron chi connectivity index (χ4n) is 5.08. The van der Waals surface area contributed by atoms with E-state index in [-0.39, 0.29) is 12.8 Å². The second-order valence-electron chi connectivity index (χ2n) is 14.1. The van der Waals surface area contributed by atoms with Crippen molar-refractivity contribution in [1.29, 1.82) is 0 Å². The number of rotatable bonds is 39. The van der Waals surface area contributed by atoms with Crippen molar-refractivity contribution in [2.75, 3.05) is 26.4 Å². The Morgan fingerprint density at radius 1 is 0.567 bits per heavy atom. The van der Waals surface area contributed by atoms with Crippen LogP contribution in [0, 0.1) is 0 Å². The normalized spacial score (nSPS) is 15.4. The van der Waals surface area contributed by atoms with Gasteiger partial charge in [-0.2, -0.15) is 0 Å². The Hall–Kier alpha value is -2.74. The summed E-state index contributed by atoms with van der Waals surface area (Å²) in [5.74, 6) is -1.16. The molecule has 0 aromatic rings. The molecule has 14 nitrogen and oxygen atoms in total. The van der Waals surface area contributed by atoms with Gasteiger partial charge in [0.15, 0.2) is 6.10 Å². The number of phosphoric acid groups is 2. The molecule has 0 rings (SSSR count). The van der Waals surface area contributed by atoms with E-state index in [0.29, 0.717) is 25.7 Å². The van der Waals surface area contributed by atoms with Crippen LogP contribution in [0.1, 0.15) is 136 Å². The third-order valence-electron chi connectivity index (χ3n) is 8.34. The number of phosphoric ester groups is 2. The number of esters is 2. The maximum atomic E-state index is 12.6. The predicted octanol–water partition coefficient (Wildman–Crippen LogP) is 9.75. The van der Waals surface area contributed by atoms with Crippen LogP contribution in [0.5, 0.6) is 0 Å². The molecule has 4 atom stereocenters. The van der Waals surface area contributed by atoms with Crippen LogP contribution in [0.3, 0.4) is 0 Å². The maximum absolute atomic E-state index is 12.6. The Morgan fingerprint density at radius 2 is 1.12 bits per heavy atom. The Bertz CT molecular complexity index is 1400. The summed E-state index contributed by atoms with van der Waals surface area (Å²) in [7, 11) is -9.72. The zero-order valence-corrected chi connectivity index (χ0v) is 37.7. The lowest BCUT2D eigenvalue weighted by atomic mass is 10.1. The number of hydrogen-bond donors (Lipinski definition) is 5. The van der Waals surface area contributed by atoms with E-state index in [1.54, 1.807) is 6.08 Å². The van der Waals surface area contributed by atoms with Crippen LogP contribution in [0.25, 0.3) is 0 Å². The highest BCUT2D eigenvalue weighted by Gasteiger charge is 2.28. The molecule has 0 spiro atoms. The highest BCUT2D eigenvalue weighted by Crippen LogP contribution is 2.43. The molecular weight excluding hydrogens is 814 g/mol. The number of carbonyl (C=O) groups is 2. The maximum Gasteiger partial charge on any atom is 0.472 e. The molecular formula is C44H74O14P2. The average molecular weight is 889 g/mol. The van der Waals surface area contributed by atoms with Crippen LogP contribution < -0.4 is 0 Å². The van der Waals surface area contributed by atoms with Crippen LogP contribution >= 0.6 is 15.6 Å². The third kappa shape index (κ3) is 42.0. The molecule has 0 aromatic carbocycles. The molecule has 0 radical (unpaired) electrons. The van der Waals surface area contributed by atoms with Gasteiger partial charge in [0.1, 0.15) is 12.7 Å². The van der Waals surface area contributed by atoms with Crippen molar-refractivity contribution >= 4 is 27.6 Å². The van der Waals surface area contributed by atoms with Crippen LogP contribution in [-0.2, 0) is 41.8 Å². The highest BCUT2D eigenvalue weighted by molar-refractivity contribution is 7.47. The highest BCUT2D eigenvalue weighted by atomic mass is 31.2. The van der Waals surface area contributed by atoms with E-state index >= 15 is 0 Å². The molecule has 0 amide bonds. The summed E-state index contributed by atoms with van der Waals surface area (Å²) in [6.45, 7) is 1.40. The van der Waals surface area contributed by atoms with E-state index in [1.165, 1.54) is 19.3 Å². The minimum Gasteiger partial charge on any atom is -0.462 e. The van der Waals surface area contributed by atoms with Crippen molar-refractivity contribution in [3.63, 3.8) is 0 Å². The number of aliphatic hydroxyl groups is 2. The van der Waals surface area contributed by atoms with Gasteiger partial charge in [-0.1, -0.05) is 131 Å². The largest absolute Gasteiger partial charge is 0.472 e. The molecule has 0 aliphatic carbocycles. The quantitative estimate of drug-likeness (QED) is 0.0128. The molecule has 0 bridgehead atoms. The lowest BCUT2D eigenvalue weighted by Crippen LogP contribution is -2.29. The van der Waals surface area contributed by atoms with E-state index in [2.05, 4.69) is 58.5 Å². The van der Waals surface area contributed by atoms with Crippen molar-refractivity contribution < 1.29 is 66.7 Å². The molecule has 344 valence electrons. The number of ether oxygens (including phenoxy) is 2. The lowest BCUT2D eigenvalue weighted by molar-refractivity contribution is -0.161. The van der Waals surface area contributed by atoms with Crippen LogP contribution in [0.15, 0.2) is 85.1 Å². The van der Waals surface area contributed by atoms with Gasteiger partial charge in [-0.05, 0) is 77.0 Å². The van der Waals surface area contributed by atoms with Gasteiger partial charge in [-0.15, -0.1) is 0 Å². The smallest absolute Gasteiger partial charge is 0.462 e. The van der Waals surface area contributed by atoms with Crippen molar-refractivity contribution in [2.24, 2.45) is 0 Å². The molecule has 16 heteroatoms. The summed E-state index contributed by atoms with van der Waals surface area (Å²) in [6, 6.07) is 0. The van der Waals surface area contributed by atoms with Crippen molar-refractivity contribution in [3.05, 3.63) is 85.1 Å². The number of carbonyl (C=O) groups excluding carboxylic acids is 2. The monoisotopic (exact) mass is 888 g/mol. The molecule has 60 heavy (non-hydrogen) atoms. The van der Waals surface area contributed by atoms with Crippen molar-refractivity contribution in [2.45, 2.75) is 154 Å². The van der Waals surface area contributed by atoms with Crippen molar-refractivity contribution in [1.82, 2.24) is 0 Å². The summed E-state index contributed by atoms with van der Waals surface area (Å²) in [6.07, 6.45) is 40.6. The van der Waals surface area contributed by atoms with E-state index in [4.69, 9.17) is 23.8 Å². The number of allylic oxidation sites excluding steroid dienone is 12. The minimum atomic E-state index is -4.88. The fraction of sp³-hybridized carbons (Fsp3) is 0.636. The topological polar surface area (TPSA) is 216 Å². The number of hydrogen-bond acceptors (Lipinski definition) is 11. The first-order valence-corrected chi connectivity index (χ1v) is 24.4. The first-order chi connectivity index (χ1) is 28.8. The van der Waals surface area contributed by atoms with E-state index in [1.807, 2.05) is 43.4 Å². The second kappa shape index (κ2) is 39.1. The number of aliphatic hydroxyl groups excluding tert-OH is 2. The van der Waals surface area contributed by atoms with Gasteiger partial charge in [-0.25, -0.2) is 9.13 Å². The first kappa shape index (κ1) is 57.3. The fourth-order valence-corrected chi connectivity index (χ4v) is 6.24. The van der Waals surface area contributed by atoms with Gasteiger partial charge in [0.2, 0.25) is 0 Å². The van der Waals surface area contributed by atoms with Gasteiger partial charge in [-0.3, -0.25) is 23.2 Å². The molecule has 0 saturated carbocycles. The molecule has 0 aliphatic heterocycles. The third-order valence-corrected chi connectivity index (χ3v) is 9.77. The summed E-state index contributed by atoms with van der Waals surface area (Å²) >= 11 is 0. The second-order valence-corrected chi connectivity index (χ2v) is 16.8. The zero-order valence-electron chi connectivity index (χ0n) is 35.9. The molecule has 0 aliphatic rings. The van der Waals surface area contributed by atoms with E-state index in [0.717, 1.165) is 64.2 Å². The predicted molar refractivity (Wildman–Crippen MR) is 236 cm³/mol. The Labute approximate surface area is 359 Å². The summed E-state index contributed by atoms with van der Waals surface area (Å²) < 4.78 is 47.6. The molecule has 2 unspecified atom stereocenters. The minimum absolute atomic E-state index is 0.0358. The van der Waals surface area contributed by atoms with E-state index < -0.39 is 72.3 Å². The number of unbranched alkanes of at least 4 members (excludes halogenated alkanes) is 9. The van der Waals surface area contributed by atoms with Crippen molar-refractivity contribution in [3.8, 4) is 0 Å². The molecule has 0 heterocycles. The lowest BCUT2D eigenvalue weighted by Gasteiger charge is -2.20. The first-order valence-electron chi connectivity index (χ1n) is 21.4. The van der Waals surface area contributed by atoms with Crippen LogP contribution in [0.4, 0.5) is 0 Å². The van der Waals surface area contributed by atoms with Gasteiger partial charge in [0.05, 0.1) is 25.9 Å². The van der Waals surface area contributed by atoms with Gasteiger partial charge < -0.3 is 34.4 Å². The van der Waals surface area contributed by atoms with Crippen LogP contribution in [-0.4, -0.2) is 81.6 Å². The standard InChI is InChI=1S/C44H74O14P2/c1-3-5-7-8-9-10-11-12-13-14-15-16-17-20-24-27-31-35-44(48)58-42(39-57-60(52,53)56-37-41(46)36-55-59(49,50)51)38-54-43(47)34-30-26-23-21-18-19-22-25-29-33-40(45)32-28-6-4-2/h6,9-10,12-13,15-16,20,22,24-25,28-29,33,40-42,45-46H,3-5,7-8,11,14,17-19,21,23,26-27,30-32,34-39H2,1-2H3,(H,52,53)(H2,49,50,51)/b10-9-,13-12-,16-15-,24-20-,25-22+,28-6+,33-29+/t40?,41-,42+/m0/s1. The average Bonchev–Trinajstić information content (AvgIpc) is 3.20. The Morgan fingerprint density at radius 3 is 1.77 bits per heavy atom. The summed E-state index contributed by atoms with van der Waals surface area (Å²) in [5.41, 5.74) is 0. The van der Waals surface area contributed by atoms with E-state index in [9.17, 15) is 33.8 Å². The summed E-state index contributed by atoms with van der Waals surface area (Å²) in [4.78, 5) is 52.6. The molecule has 0 aromatic heterocycles. The van der Waals surface area contributed by atoms with Crippen LogP contribution in [0.2, 0.25) is 0 Å². The molecule has 0 fully saturated rings. The Balaban J connectivity index is 4.71. The van der Waals surface area contributed by atoms with Gasteiger partial charge in [0.25, 0.3) is 0 Å². The summed E-state index contributed by atoms with van der Waals surface area (Å²) in [5, 5.41) is 19.6. The Kier molecular flexibility index (Phi) is 37.3. The van der Waals surface area contributed by atoms with Gasteiger partial charge in [0, 0.05) is 12.8 Å². The zero-order chi connectivity index (χ0) is 44.6. The SMILES string of the molecule is CC/C=C/CC(O)/C=C/C=C/CCCCCCCC(=O)OC[C@H](COP(=O)(O)OC[C@@H](O)COP(=O)(O)O)OC(=O)CCC/C=C\C/C=C\C/C=C\C/C=C\CCCCC. The van der Waals surface area contributed by atoms with Gasteiger partial charge >= 0.3 is 27.6 Å².